The van der Waals surface area contributed by atoms with Gasteiger partial charge in [0.2, 0.25) is 5.91 Å². The van der Waals surface area contributed by atoms with Crippen LogP contribution in [0.15, 0.2) is 39.0 Å². The SMILES string of the molecule is CCOC(=O)CCCNc1cc(NC(C)=O)c(N=Nc2c(Br)cc([N+](=O)[O-])cc2[N+](=O)[O-])cc1OC. The molecule has 0 aromatic heterocycles. The molecule has 2 aromatic carbocycles. The van der Waals surface area contributed by atoms with Crippen molar-refractivity contribution in [2.75, 3.05) is 30.9 Å². The Morgan fingerprint density at radius 2 is 1.81 bits per heavy atom. The highest BCUT2D eigenvalue weighted by Crippen LogP contribution is 2.42. The average molecular weight is 567 g/mol. The van der Waals surface area contributed by atoms with E-state index in [2.05, 4.69) is 36.8 Å². The summed E-state index contributed by atoms with van der Waals surface area (Å²) in [5, 5.41) is 36.2. The zero-order valence-electron chi connectivity index (χ0n) is 19.6. The molecule has 2 N–H and O–H groups in total. The highest BCUT2D eigenvalue weighted by Gasteiger charge is 2.24. The first-order valence-electron chi connectivity index (χ1n) is 10.5. The fourth-order valence-electron chi connectivity index (χ4n) is 2.96. The summed E-state index contributed by atoms with van der Waals surface area (Å²) < 4.78 is 10.3. The number of carbonyl (C=O) groups is 2. The van der Waals surface area contributed by atoms with E-state index in [0.29, 0.717) is 31.0 Å². The predicted molar refractivity (Wildman–Crippen MR) is 133 cm³/mol. The van der Waals surface area contributed by atoms with Crippen molar-refractivity contribution in [1.29, 1.82) is 0 Å². The minimum Gasteiger partial charge on any atom is -0.495 e. The fourth-order valence-corrected chi connectivity index (χ4v) is 3.47. The van der Waals surface area contributed by atoms with E-state index in [0.717, 1.165) is 12.1 Å². The maximum Gasteiger partial charge on any atom is 0.305 e. The maximum absolute atomic E-state index is 11.8. The Kier molecular flexibility index (Phi) is 10.2. The van der Waals surface area contributed by atoms with Gasteiger partial charge in [-0.05, 0) is 35.3 Å². The number of esters is 1. The van der Waals surface area contributed by atoms with Crippen LogP contribution in [0.3, 0.4) is 0 Å². The summed E-state index contributed by atoms with van der Waals surface area (Å²) in [5.74, 6) is -0.397. The monoisotopic (exact) mass is 566 g/mol. The van der Waals surface area contributed by atoms with Crippen molar-refractivity contribution < 1.29 is 28.9 Å². The molecular formula is C21H23BrN6O8. The van der Waals surface area contributed by atoms with E-state index in [-0.39, 0.29) is 33.9 Å². The molecule has 0 unspecified atom stereocenters. The van der Waals surface area contributed by atoms with Crippen LogP contribution in [0.1, 0.15) is 26.7 Å². The van der Waals surface area contributed by atoms with Gasteiger partial charge in [0.15, 0.2) is 5.69 Å². The number of amides is 1. The molecule has 0 bridgehead atoms. The van der Waals surface area contributed by atoms with Gasteiger partial charge in [-0.1, -0.05) is 0 Å². The number of nitrogens with zero attached hydrogens (tertiary/aromatic N) is 4. The van der Waals surface area contributed by atoms with E-state index in [1.165, 1.54) is 26.2 Å². The van der Waals surface area contributed by atoms with Gasteiger partial charge in [-0.15, -0.1) is 10.2 Å². The van der Waals surface area contributed by atoms with Crippen molar-refractivity contribution in [3.63, 3.8) is 0 Å². The number of non-ortho nitro benzene ring substituents is 1. The molecule has 2 rings (SSSR count). The first-order chi connectivity index (χ1) is 17.1. The standard InChI is InChI=1S/C21H23BrN6O8/c1-4-36-20(30)6-5-7-23-17-10-15(24-12(2)29)16(11-19(17)35-3)25-26-21-14(22)8-13(27(31)32)9-18(21)28(33)34/h8-11,23H,4-7H2,1-3H3,(H,24,29). The molecule has 0 atom stereocenters. The van der Waals surface area contributed by atoms with Gasteiger partial charge in [0.1, 0.15) is 11.4 Å². The number of ether oxygens (including phenoxy) is 2. The number of nitro groups is 2. The Balaban J connectivity index is 2.41. The van der Waals surface area contributed by atoms with Crippen LogP contribution in [0, 0.1) is 20.2 Å². The molecule has 14 nitrogen and oxygen atoms in total. The van der Waals surface area contributed by atoms with Crippen molar-refractivity contribution in [3.8, 4) is 5.75 Å². The van der Waals surface area contributed by atoms with E-state index in [1.807, 2.05) is 0 Å². The molecule has 0 radical (unpaired) electrons. The van der Waals surface area contributed by atoms with Crippen LogP contribution >= 0.6 is 15.9 Å². The highest BCUT2D eigenvalue weighted by atomic mass is 79.9. The molecule has 0 saturated heterocycles. The average Bonchev–Trinajstić information content (AvgIpc) is 2.81. The van der Waals surface area contributed by atoms with Crippen LogP contribution in [0.4, 0.5) is 34.1 Å². The molecule has 0 spiro atoms. The van der Waals surface area contributed by atoms with Gasteiger partial charge >= 0.3 is 11.7 Å². The number of nitrogens with one attached hydrogen (secondary N) is 2. The molecule has 0 fully saturated rings. The summed E-state index contributed by atoms with van der Waals surface area (Å²) in [6, 6.07) is 4.84. The topological polar surface area (TPSA) is 188 Å². The van der Waals surface area contributed by atoms with E-state index >= 15 is 0 Å². The molecule has 36 heavy (non-hydrogen) atoms. The van der Waals surface area contributed by atoms with Crippen LogP contribution in [-0.2, 0) is 14.3 Å². The van der Waals surface area contributed by atoms with Crippen LogP contribution in [0.25, 0.3) is 0 Å². The normalized spacial score (nSPS) is 10.7. The van der Waals surface area contributed by atoms with E-state index in [1.54, 1.807) is 6.92 Å². The zero-order valence-corrected chi connectivity index (χ0v) is 21.2. The Morgan fingerprint density at radius 3 is 2.39 bits per heavy atom. The molecular weight excluding hydrogens is 544 g/mol. The highest BCUT2D eigenvalue weighted by molar-refractivity contribution is 9.10. The number of carbonyl (C=O) groups excluding carboxylic acids is 2. The smallest absolute Gasteiger partial charge is 0.305 e. The minimum atomic E-state index is -0.815. The molecule has 192 valence electrons. The lowest BCUT2D eigenvalue weighted by molar-refractivity contribution is -0.393. The molecule has 0 heterocycles. The molecule has 1 amide bonds. The van der Waals surface area contributed by atoms with Gasteiger partial charge in [-0.25, -0.2) is 0 Å². The van der Waals surface area contributed by atoms with Crippen LogP contribution < -0.4 is 15.4 Å². The lowest BCUT2D eigenvalue weighted by atomic mass is 10.2. The Hall–Kier alpha value is -4.14. The molecule has 0 aliphatic rings. The van der Waals surface area contributed by atoms with E-state index in [4.69, 9.17) is 9.47 Å². The van der Waals surface area contributed by atoms with E-state index in [9.17, 15) is 29.8 Å². The Labute approximate surface area is 213 Å². The number of nitro benzene ring substituents is 2. The maximum atomic E-state index is 11.8. The summed E-state index contributed by atoms with van der Waals surface area (Å²) in [5.41, 5.74) is -0.551. The summed E-state index contributed by atoms with van der Waals surface area (Å²) in [4.78, 5) is 44.2. The molecule has 0 aliphatic heterocycles. The third-order valence-corrected chi connectivity index (χ3v) is 5.10. The van der Waals surface area contributed by atoms with Crippen LogP contribution in [-0.4, -0.2) is 42.0 Å². The third kappa shape index (κ3) is 7.69. The number of benzene rings is 2. The summed E-state index contributed by atoms with van der Waals surface area (Å²) in [7, 11) is 1.41. The number of methoxy groups -OCH3 is 1. The van der Waals surface area contributed by atoms with Crippen LogP contribution in [0.2, 0.25) is 0 Å². The van der Waals surface area contributed by atoms with Gasteiger partial charge in [-0.2, -0.15) is 0 Å². The lowest BCUT2D eigenvalue weighted by Gasteiger charge is -2.15. The summed E-state index contributed by atoms with van der Waals surface area (Å²) >= 11 is 3.06. The van der Waals surface area contributed by atoms with Gasteiger partial charge in [0, 0.05) is 32.0 Å². The lowest BCUT2D eigenvalue weighted by Crippen LogP contribution is -2.10. The Morgan fingerprint density at radius 1 is 1.08 bits per heavy atom. The second kappa shape index (κ2) is 13.1. The molecule has 0 saturated carbocycles. The second-order valence-corrected chi connectivity index (χ2v) is 7.95. The number of anilines is 2. The largest absolute Gasteiger partial charge is 0.495 e. The molecule has 15 heteroatoms. The summed E-state index contributed by atoms with van der Waals surface area (Å²) in [6.07, 6.45) is 0.702. The van der Waals surface area contributed by atoms with Gasteiger partial charge < -0.3 is 20.1 Å². The second-order valence-electron chi connectivity index (χ2n) is 7.10. The third-order valence-electron chi connectivity index (χ3n) is 4.50. The number of rotatable bonds is 12. The quantitative estimate of drug-likeness (QED) is 0.111. The Bertz CT molecular complexity index is 1200. The van der Waals surface area contributed by atoms with E-state index < -0.39 is 27.1 Å². The number of halogens is 1. The van der Waals surface area contributed by atoms with Crippen molar-refractivity contribution in [1.82, 2.24) is 0 Å². The van der Waals surface area contributed by atoms with Crippen molar-refractivity contribution in [2.45, 2.75) is 26.7 Å². The predicted octanol–water partition coefficient (Wildman–Crippen LogP) is 5.40. The number of hydrogen-bond acceptors (Lipinski definition) is 11. The number of azo groups is 1. The minimum absolute atomic E-state index is 0.0138. The molecule has 0 aliphatic carbocycles. The van der Waals surface area contributed by atoms with Gasteiger partial charge in [0.05, 0.1) is 45.5 Å². The first kappa shape index (κ1) is 28.1. The fraction of sp³-hybridized carbons (Fsp3) is 0.333. The molecule has 2 aromatic rings. The van der Waals surface area contributed by atoms with Gasteiger partial charge in [-0.3, -0.25) is 29.8 Å². The van der Waals surface area contributed by atoms with Crippen LogP contribution in [0.5, 0.6) is 5.75 Å². The van der Waals surface area contributed by atoms with Crippen molar-refractivity contribution >= 4 is 61.9 Å². The van der Waals surface area contributed by atoms with Gasteiger partial charge in [0.25, 0.3) is 5.69 Å². The zero-order chi connectivity index (χ0) is 26.8. The first-order valence-corrected chi connectivity index (χ1v) is 11.3. The van der Waals surface area contributed by atoms with Crippen molar-refractivity contribution in [2.24, 2.45) is 10.2 Å². The summed E-state index contributed by atoms with van der Waals surface area (Å²) in [6.45, 7) is 3.71. The van der Waals surface area contributed by atoms with Crippen molar-refractivity contribution in [3.05, 3.63) is 49.0 Å². The number of hydrogen-bond donors (Lipinski definition) is 2.